The van der Waals surface area contributed by atoms with Crippen molar-refractivity contribution in [1.82, 2.24) is 24.7 Å². The third-order valence-electron chi connectivity index (χ3n) is 5.56. The predicted octanol–water partition coefficient (Wildman–Crippen LogP) is 3.05. The van der Waals surface area contributed by atoms with Crippen molar-refractivity contribution < 1.29 is 36.6 Å². The number of alkyl halides is 4. The van der Waals surface area contributed by atoms with E-state index < -0.39 is 42.1 Å². The molecule has 0 unspecified atom stereocenters. The quantitative estimate of drug-likeness (QED) is 0.0616. The highest BCUT2D eigenvalue weighted by Crippen LogP contribution is 2.33. The zero-order valence-electron chi connectivity index (χ0n) is 22.3. The smallest absolute Gasteiger partial charge is 0.491 e. The molecule has 0 aliphatic rings. The van der Waals surface area contributed by atoms with Crippen LogP contribution in [-0.4, -0.2) is 62.6 Å². The summed E-state index contributed by atoms with van der Waals surface area (Å²) in [7, 11) is 0. The second-order valence-corrected chi connectivity index (χ2v) is 8.57. The lowest BCUT2D eigenvalue weighted by Gasteiger charge is -2.21. The fourth-order valence-corrected chi connectivity index (χ4v) is 3.81. The van der Waals surface area contributed by atoms with Crippen LogP contribution in [0.1, 0.15) is 29.9 Å². The number of nitrogens with two attached hydrogens (primary N) is 1. The first-order valence-corrected chi connectivity index (χ1v) is 12.5. The second-order valence-electron chi connectivity index (χ2n) is 8.57. The summed E-state index contributed by atoms with van der Waals surface area (Å²) in [4.78, 5) is 35.0. The Labute approximate surface area is 240 Å². The van der Waals surface area contributed by atoms with Crippen molar-refractivity contribution in [2.75, 3.05) is 25.2 Å². The highest BCUT2D eigenvalue weighted by atomic mass is 19.4. The van der Waals surface area contributed by atoms with Gasteiger partial charge in [-0.15, -0.1) is 9.78 Å². The number of benzene rings is 2. The number of anilines is 1. The Hall–Kier alpha value is -5.48. The van der Waals surface area contributed by atoms with E-state index in [-0.39, 0.29) is 42.0 Å². The lowest BCUT2D eigenvalue weighted by molar-refractivity contribution is -0.189. The average molecular weight is 605 g/mol. The number of hydrogen-bond acceptors (Lipinski definition) is 10. The van der Waals surface area contributed by atoms with Crippen LogP contribution < -0.4 is 31.0 Å². The van der Waals surface area contributed by atoms with E-state index in [1.807, 2.05) is 0 Å². The van der Waals surface area contributed by atoms with Gasteiger partial charge in [0.05, 0.1) is 12.2 Å². The van der Waals surface area contributed by atoms with Crippen molar-refractivity contribution in [3.8, 4) is 23.2 Å². The summed E-state index contributed by atoms with van der Waals surface area (Å²) in [5.41, 5.74) is 4.92. The maximum absolute atomic E-state index is 13.0. The lowest BCUT2D eigenvalue weighted by atomic mass is 10.0. The number of halogens is 4. The number of aromatic nitrogens is 5. The molecule has 226 valence electrons. The van der Waals surface area contributed by atoms with E-state index in [4.69, 9.17) is 20.6 Å². The van der Waals surface area contributed by atoms with Crippen molar-refractivity contribution in [2.24, 2.45) is 5.73 Å². The Morgan fingerprint density at radius 2 is 1.84 bits per heavy atom. The van der Waals surface area contributed by atoms with Crippen molar-refractivity contribution in [2.45, 2.75) is 19.1 Å². The van der Waals surface area contributed by atoms with Gasteiger partial charge in [-0.3, -0.25) is 10.4 Å². The van der Waals surface area contributed by atoms with E-state index in [0.717, 1.165) is 10.7 Å². The van der Waals surface area contributed by atoms with Crippen LogP contribution >= 0.6 is 0 Å². The number of esters is 1. The molecule has 0 aliphatic heterocycles. The molecule has 2 aromatic heterocycles. The number of aromatic amines is 1. The maximum Gasteiger partial charge on any atom is 0.491 e. The van der Waals surface area contributed by atoms with Crippen LogP contribution in [0, 0.1) is 5.41 Å². The van der Waals surface area contributed by atoms with Gasteiger partial charge in [0, 0.05) is 30.2 Å². The molecule has 0 saturated heterocycles. The number of amidine groups is 1. The Morgan fingerprint density at radius 1 is 1.14 bits per heavy atom. The van der Waals surface area contributed by atoms with Crippen molar-refractivity contribution in [1.29, 1.82) is 5.41 Å². The van der Waals surface area contributed by atoms with Crippen LogP contribution in [0.4, 0.5) is 23.2 Å². The fourth-order valence-electron chi connectivity index (χ4n) is 3.81. The van der Waals surface area contributed by atoms with E-state index in [1.54, 1.807) is 19.1 Å². The Balaban J connectivity index is 1.84. The number of ether oxygens (including phenoxy) is 3. The van der Waals surface area contributed by atoms with Gasteiger partial charge in [0.1, 0.15) is 42.4 Å². The molecule has 0 bridgehead atoms. The summed E-state index contributed by atoms with van der Waals surface area (Å²) >= 11 is 0. The SMILES string of the molecule is CCOc1cc(OCCF)cc([C@H](Nc2ccc(C(=N)N)c(OC(=O)C(F)(F)F)c2)c2nn(-c3ncccn3)c(=O)[nH]2)c1. The predicted molar refractivity (Wildman–Crippen MR) is 143 cm³/mol. The first-order valence-electron chi connectivity index (χ1n) is 12.5. The van der Waals surface area contributed by atoms with Crippen LogP contribution in [0.2, 0.25) is 0 Å². The number of H-pyrrole nitrogens is 1. The summed E-state index contributed by atoms with van der Waals surface area (Å²) in [5, 5.41) is 15.0. The van der Waals surface area contributed by atoms with Crippen molar-refractivity contribution in [3.05, 3.63) is 82.3 Å². The minimum atomic E-state index is -5.32. The first-order chi connectivity index (χ1) is 20.5. The number of carbonyl (C=O) groups is 1. The molecule has 4 rings (SSSR count). The minimum absolute atomic E-state index is 0.00739. The molecule has 43 heavy (non-hydrogen) atoms. The van der Waals surface area contributed by atoms with E-state index in [9.17, 15) is 27.2 Å². The topological polar surface area (TPSA) is 183 Å². The molecule has 5 N–H and O–H groups in total. The number of nitrogens with zero attached hydrogens (tertiary/aromatic N) is 4. The molecule has 13 nitrogen and oxygen atoms in total. The van der Waals surface area contributed by atoms with Gasteiger partial charge in [-0.05, 0) is 42.8 Å². The Bertz CT molecular complexity index is 1660. The number of rotatable bonds is 12. The molecule has 4 aromatic rings. The van der Waals surface area contributed by atoms with Gasteiger partial charge in [-0.25, -0.2) is 23.9 Å². The largest absolute Gasteiger partial charge is 0.494 e. The molecule has 0 fully saturated rings. The fraction of sp³-hybridized carbons (Fsp3) is 0.231. The Kier molecular flexibility index (Phi) is 9.22. The number of nitrogen functional groups attached to an aromatic ring is 1. The van der Waals surface area contributed by atoms with Crippen molar-refractivity contribution >= 4 is 17.5 Å². The summed E-state index contributed by atoms with van der Waals surface area (Å²) in [6.07, 6.45) is -2.51. The summed E-state index contributed by atoms with van der Waals surface area (Å²) in [5.74, 6) is -3.34. The highest BCUT2D eigenvalue weighted by Gasteiger charge is 2.42. The van der Waals surface area contributed by atoms with Crippen LogP contribution in [0.15, 0.2) is 59.7 Å². The molecule has 2 aromatic carbocycles. The van der Waals surface area contributed by atoms with Gasteiger partial charge < -0.3 is 25.3 Å². The van der Waals surface area contributed by atoms with Gasteiger partial charge in [-0.2, -0.15) is 13.2 Å². The monoisotopic (exact) mass is 604 g/mol. The molecule has 0 aliphatic carbocycles. The number of hydrogen-bond donors (Lipinski definition) is 4. The number of nitrogens with one attached hydrogen (secondary N) is 3. The zero-order chi connectivity index (χ0) is 31.1. The van der Waals surface area contributed by atoms with E-state index in [1.165, 1.54) is 36.7 Å². The molecule has 17 heteroatoms. The molecule has 0 saturated carbocycles. The van der Waals surface area contributed by atoms with Gasteiger partial charge >= 0.3 is 17.8 Å². The van der Waals surface area contributed by atoms with E-state index in [0.29, 0.717) is 11.3 Å². The molecular weight excluding hydrogens is 580 g/mol. The lowest BCUT2D eigenvalue weighted by Crippen LogP contribution is -2.29. The third kappa shape index (κ3) is 7.43. The Morgan fingerprint density at radius 3 is 2.47 bits per heavy atom. The molecule has 0 amide bonds. The van der Waals surface area contributed by atoms with Crippen LogP contribution in [0.25, 0.3) is 5.95 Å². The molecule has 2 heterocycles. The third-order valence-corrected chi connectivity index (χ3v) is 5.56. The van der Waals surface area contributed by atoms with E-state index >= 15 is 0 Å². The first kappa shape index (κ1) is 30.5. The van der Waals surface area contributed by atoms with Gasteiger partial charge in [-0.1, -0.05) is 0 Å². The summed E-state index contributed by atoms with van der Waals surface area (Å²) in [6, 6.07) is 8.64. The van der Waals surface area contributed by atoms with Crippen LogP contribution in [0.5, 0.6) is 17.2 Å². The van der Waals surface area contributed by atoms with Gasteiger partial charge in [0.2, 0.25) is 0 Å². The standard InChI is InChI=1S/C26H24F4N8O5/c1-2-41-16-10-14(11-17(13-16)42-9-6-27)20(22-36-25(40)38(37-22)24-33-7-3-8-34-24)35-15-4-5-18(21(31)32)19(12-15)43-23(39)26(28,29)30/h3-5,7-8,10-13,20,35H,2,6,9H2,1H3,(H3,31,32)(H,36,37,40)/t20-/m0/s1. The molecule has 0 radical (unpaired) electrons. The maximum atomic E-state index is 13.0. The van der Waals surface area contributed by atoms with Gasteiger partial charge in [0.25, 0.3) is 5.95 Å². The molecule has 0 spiro atoms. The van der Waals surface area contributed by atoms with Gasteiger partial charge in [0.15, 0.2) is 5.82 Å². The zero-order valence-corrected chi connectivity index (χ0v) is 22.3. The molecule has 1 atom stereocenters. The normalized spacial score (nSPS) is 11.9. The summed E-state index contributed by atoms with van der Waals surface area (Å²) < 4.78 is 68.2. The van der Waals surface area contributed by atoms with Crippen LogP contribution in [0.3, 0.4) is 0 Å². The highest BCUT2D eigenvalue weighted by molar-refractivity contribution is 5.99. The molecular formula is C26H24F4N8O5. The van der Waals surface area contributed by atoms with E-state index in [2.05, 4.69) is 30.1 Å². The second kappa shape index (κ2) is 13.0. The number of carbonyl (C=O) groups excluding carboxylic acids is 1. The minimum Gasteiger partial charge on any atom is -0.494 e. The van der Waals surface area contributed by atoms with Crippen LogP contribution in [-0.2, 0) is 4.79 Å². The summed E-state index contributed by atoms with van der Waals surface area (Å²) in [6.45, 7) is 0.974. The average Bonchev–Trinajstić information content (AvgIpc) is 3.35. The van der Waals surface area contributed by atoms with Crippen molar-refractivity contribution in [3.63, 3.8) is 0 Å².